The van der Waals surface area contributed by atoms with Gasteiger partial charge in [-0.2, -0.15) is 0 Å². The highest BCUT2D eigenvalue weighted by Gasteiger charge is 2.11. The first-order valence-electron chi connectivity index (χ1n) is 8.13. The molecule has 1 aliphatic rings. The molecular weight excluding hydrogens is 314 g/mol. The first-order valence-corrected chi connectivity index (χ1v) is 8.51. The first-order chi connectivity index (χ1) is 11.1. The van der Waals surface area contributed by atoms with Crippen molar-refractivity contribution in [1.82, 2.24) is 10.2 Å². The molecule has 1 aromatic carbocycles. The Bertz CT molecular complexity index is 508. The number of hydrogen-bond donors (Lipinski definition) is 2. The van der Waals surface area contributed by atoms with Gasteiger partial charge in [-0.25, -0.2) is 0 Å². The van der Waals surface area contributed by atoms with Crippen molar-refractivity contribution in [2.45, 2.75) is 20.3 Å². The van der Waals surface area contributed by atoms with Crippen LogP contribution in [0.3, 0.4) is 0 Å². The molecule has 2 N–H and O–H groups in total. The first kappa shape index (κ1) is 18.2. The van der Waals surface area contributed by atoms with Crippen molar-refractivity contribution in [3.8, 4) is 0 Å². The van der Waals surface area contributed by atoms with Gasteiger partial charge in [0, 0.05) is 39.1 Å². The van der Waals surface area contributed by atoms with Crippen LogP contribution in [0.1, 0.15) is 17.5 Å². The third-order valence-electron chi connectivity index (χ3n) is 3.93. The van der Waals surface area contributed by atoms with Crippen LogP contribution in [0.25, 0.3) is 0 Å². The number of benzene rings is 1. The number of rotatable bonds is 7. The summed E-state index contributed by atoms with van der Waals surface area (Å²) in [4.78, 5) is 14.4. The summed E-state index contributed by atoms with van der Waals surface area (Å²) in [6.45, 7) is 10.1. The van der Waals surface area contributed by atoms with Gasteiger partial charge in [-0.1, -0.05) is 17.7 Å². The van der Waals surface area contributed by atoms with Crippen molar-refractivity contribution < 1.29 is 9.53 Å². The number of morpholine rings is 1. The van der Waals surface area contributed by atoms with Crippen molar-refractivity contribution in [3.63, 3.8) is 0 Å². The number of carbonyl (C=O) groups excluding carboxylic acids is 1. The minimum absolute atomic E-state index is 0.0160. The molecule has 23 heavy (non-hydrogen) atoms. The van der Waals surface area contributed by atoms with Crippen LogP contribution in [0.15, 0.2) is 12.1 Å². The van der Waals surface area contributed by atoms with Crippen LogP contribution in [0, 0.1) is 13.8 Å². The van der Waals surface area contributed by atoms with E-state index in [1.807, 2.05) is 26.0 Å². The van der Waals surface area contributed by atoms with Crippen LogP contribution < -0.4 is 10.6 Å². The summed E-state index contributed by atoms with van der Waals surface area (Å²) in [5.74, 6) is -0.0160. The molecule has 1 aliphatic heterocycles. The van der Waals surface area contributed by atoms with E-state index in [2.05, 4.69) is 15.5 Å². The lowest BCUT2D eigenvalue weighted by Gasteiger charge is -2.26. The Labute approximate surface area is 143 Å². The number of anilines is 1. The molecule has 0 spiro atoms. The number of carbonyl (C=O) groups is 1. The maximum atomic E-state index is 12.0. The third-order valence-corrected chi connectivity index (χ3v) is 4.23. The molecule has 0 saturated carbocycles. The second kappa shape index (κ2) is 9.23. The van der Waals surface area contributed by atoms with E-state index in [0.717, 1.165) is 56.2 Å². The molecule has 5 nitrogen and oxygen atoms in total. The Kier molecular flexibility index (Phi) is 7.30. The molecule has 1 saturated heterocycles. The molecular formula is C17H26ClN3O2. The van der Waals surface area contributed by atoms with Gasteiger partial charge in [-0.3, -0.25) is 9.69 Å². The number of hydrogen-bond acceptors (Lipinski definition) is 4. The van der Waals surface area contributed by atoms with E-state index in [0.29, 0.717) is 18.0 Å². The van der Waals surface area contributed by atoms with E-state index >= 15 is 0 Å². The average molecular weight is 340 g/mol. The molecule has 1 aromatic rings. The lowest BCUT2D eigenvalue weighted by molar-refractivity contribution is -0.116. The molecule has 0 atom stereocenters. The van der Waals surface area contributed by atoms with E-state index < -0.39 is 0 Å². The number of ether oxygens (including phenoxy) is 1. The fraction of sp³-hybridized carbons (Fsp3) is 0.588. The van der Waals surface area contributed by atoms with Gasteiger partial charge in [-0.15, -0.1) is 0 Å². The van der Waals surface area contributed by atoms with Crippen molar-refractivity contribution in [3.05, 3.63) is 28.3 Å². The summed E-state index contributed by atoms with van der Waals surface area (Å²) < 4.78 is 5.32. The van der Waals surface area contributed by atoms with Gasteiger partial charge in [0.1, 0.15) is 0 Å². The topological polar surface area (TPSA) is 53.6 Å². The number of nitrogens with zero attached hydrogens (tertiary/aromatic N) is 1. The number of nitrogens with one attached hydrogen (secondary N) is 2. The summed E-state index contributed by atoms with van der Waals surface area (Å²) in [5.41, 5.74) is 2.80. The monoisotopic (exact) mass is 339 g/mol. The Balaban J connectivity index is 1.65. The molecule has 6 heteroatoms. The zero-order valence-electron chi connectivity index (χ0n) is 14.0. The van der Waals surface area contributed by atoms with Crippen LogP contribution in [0.2, 0.25) is 5.02 Å². The summed E-state index contributed by atoms with van der Waals surface area (Å²) >= 11 is 6.20. The standard InChI is InChI=1S/C17H26ClN3O2/c1-13-11-14(2)17(15(18)12-13)20-16(22)3-4-19-5-6-21-7-9-23-10-8-21/h11-12,19H,3-10H2,1-2H3,(H,20,22). The molecule has 0 aromatic heterocycles. The molecule has 128 valence electrons. The van der Waals surface area contributed by atoms with E-state index in [-0.39, 0.29) is 5.91 Å². The number of amides is 1. The van der Waals surface area contributed by atoms with Crippen LogP contribution in [0.4, 0.5) is 5.69 Å². The average Bonchev–Trinajstić information content (AvgIpc) is 2.51. The SMILES string of the molecule is Cc1cc(C)c(NC(=O)CCNCCN2CCOCC2)c(Cl)c1. The molecule has 0 aliphatic carbocycles. The maximum absolute atomic E-state index is 12.0. The quantitative estimate of drug-likeness (QED) is 0.748. The number of aryl methyl sites for hydroxylation is 2. The van der Waals surface area contributed by atoms with Crippen LogP contribution in [-0.2, 0) is 9.53 Å². The molecule has 0 radical (unpaired) electrons. The summed E-state index contributed by atoms with van der Waals surface area (Å²) in [6.07, 6.45) is 0.437. The predicted molar refractivity (Wildman–Crippen MR) is 94.3 cm³/mol. The highest BCUT2D eigenvalue weighted by molar-refractivity contribution is 6.34. The second-order valence-corrected chi connectivity index (χ2v) is 6.35. The van der Waals surface area contributed by atoms with Gasteiger partial charge in [0.15, 0.2) is 0 Å². The number of halogens is 1. The van der Waals surface area contributed by atoms with Crippen LogP contribution >= 0.6 is 11.6 Å². The highest BCUT2D eigenvalue weighted by atomic mass is 35.5. The summed E-state index contributed by atoms with van der Waals surface area (Å²) in [6, 6.07) is 3.88. The van der Waals surface area contributed by atoms with Crippen molar-refractivity contribution in [2.75, 3.05) is 51.3 Å². The predicted octanol–water partition coefficient (Wildman–Crippen LogP) is 2.21. The maximum Gasteiger partial charge on any atom is 0.225 e. The molecule has 2 rings (SSSR count). The van der Waals surface area contributed by atoms with Crippen molar-refractivity contribution >= 4 is 23.2 Å². The Hall–Kier alpha value is -1.14. The van der Waals surface area contributed by atoms with Crippen LogP contribution in [0.5, 0.6) is 0 Å². The van der Waals surface area contributed by atoms with Gasteiger partial charge in [0.25, 0.3) is 0 Å². The molecule has 1 fully saturated rings. The molecule has 1 amide bonds. The summed E-state index contributed by atoms with van der Waals surface area (Å²) in [7, 11) is 0. The smallest absolute Gasteiger partial charge is 0.225 e. The minimum Gasteiger partial charge on any atom is -0.379 e. The highest BCUT2D eigenvalue weighted by Crippen LogP contribution is 2.27. The lowest BCUT2D eigenvalue weighted by atomic mass is 10.1. The third kappa shape index (κ3) is 6.11. The fourth-order valence-corrected chi connectivity index (χ4v) is 3.03. The molecule has 0 unspecified atom stereocenters. The lowest BCUT2D eigenvalue weighted by Crippen LogP contribution is -2.40. The normalized spacial score (nSPS) is 15.6. The molecule has 1 heterocycles. The van der Waals surface area contributed by atoms with E-state index in [4.69, 9.17) is 16.3 Å². The van der Waals surface area contributed by atoms with Crippen molar-refractivity contribution in [2.24, 2.45) is 0 Å². The molecule has 0 bridgehead atoms. The van der Waals surface area contributed by atoms with E-state index in [9.17, 15) is 4.79 Å². The zero-order valence-corrected chi connectivity index (χ0v) is 14.7. The van der Waals surface area contributed by atoms with Crippen LogP contribution in [-0.4, -0.2) is 56.7 Å². The Morgan fingerprint density at radius 2 is 2.00 bits per heavy atom. The van der Waals surface area contributed by atoms with Gasteiger partial charge >= 0.3 is 0 Å². The van der Waals surface area contributed by atoms with Gasteiger partial charge in [0.05, 0.1) is 23.9 Å². The van der Waals surface area contributed by atoms with Gasteiger partial charge in [-0.05, 0) is 31.0 Å². The van der Waals surface area contributed by atoms with E-state index in [1.165, 1.54) is 0 Å². The second-order valence-electron chi connectivity index (χ2n) is 5.94. The minimum atomic E-state index is -0.0160. The van der Waals surface area contributed by atoms with E-state index in [1.54, 1.807) is 0 Å². The van der Waals surface area contributed by atoms with Crippen molar-refractivity contribution in [1.29, 1.82) is 0 Å². The Morgan fingerprint density at radius 1 is 1.26 bits per heavy atom. The van der Waals surface area contributed by atoms with Gasteiger partial charge in [0.2, 0.25) is 5.91 Å². The largest absolute Gasteiger partial charge is 0.379 e. The zero-order chi connectivity index (χ0) is 16.7. The van der Waals surface area contributed by atoms with Gasteiger partial charge < -0.3 is 15.4 Å². The Morgan fingerprint density at radius 3 is 2.70 bits per heavy atom. The summed E-state index contributed by atoms with van der Waals surface area (Å²) in [5, 5.41) is 6.81. The fourth-order valence-electron chi connectivity index (χ4n) is 2.66.